The summed E-state index contributed by atoms with van der Waals surface area (Å²) in [6, 6.07) is 7.48. The number of benzene rings is 1. The van der Waals surface area contributed by atoms with Gasteiger partial charge in [0.2, 0.25) is 10.0 Å². The zero-order valence-electron chi connectivity index (χ0n) is 12.8. The van der Waals surface area contributed by atoms with Crippen molar-refractivity contribution >= 4 is 21.6 Å². The van der Waals surface area contributed by atoms with Crippen LogP contribution in [0.15, 0.2) is 30.5 Å². The minimum atomic E-state index is -3.23. The van der Waals surface area contributed by atoms with Crippen LogP contribution in [0.1, 0.15) is 24.2 Å². The van der Waals surface area contributed by atoms with Crippen molar-refractivity contribution in [3.8, 4) is 0 Å². The summed E-state index contributed by atoms with van der Waals surface area (Å²) < 4.78 is 26.4. The highest BCUT2D eigenvalue weighted by atomic mass is 35.5. The summed E-state index contributed by atoms with van der Waals surface area (Å²) in [7, 11) is -0.192. The molecule has 0 aliphatic carbocycles. The second-order valence-electron chi connectivity index (χ2n) is 5.24. The van der Waals surface area contributed by atoms with Crippen LogP contribution in [0.5, 0.6) is 0 Å². The fourth-order valence-corrected chi connectivity index (χ4v) is 3.12. The van der Waals surface area contributed by atoms with Crippen molar-refractivity contribution < 1.29 is 8.42 Å². The van der Waals surface area contributed by atoms with E-state index in [2.05, 4.69) is 10.3 Å². The van der Waals surface area contributed by atoms with Gasteiger partial charge in [-0.3, -0.25) is 0 Å². The van der Waals surface area contributed by atoms with Crippen molar-refractivity contribution in [3.05, 3.63) is 46.7 Å². The smallest absolute Gasteiger partial charge is 0.213 e. The standard InChI is InChI=1S/C14H19ClN4O2S/c1-11(13-6-4-5-7-14(13)15)19-10-12(16-17-19)8-9-22(20,21)18(2)3/h4-7,10-11H,8-9H2,1-3H3/t11-/m1/s1. The summed E-state index contributed by atoms with van der Waals surface area (Å²) >= 11 is 6.19. The Morgan fingerprint density at radius 2 is 2.00 bits per heavy atom. The molecule has 0 spiro atoms. The lowest BCUT2D eigenvalue weighted by Crippen LogP contribution is -2.26. The molecule has 0 radical (unpaired) electrons. The molecule has 1 atom stereocenters. The number of hydrogen-bond acceptors (Lipinski definition) is 4. The third-order valence-corrected chi connectivity index (χ3v) is 5.66. The lowest BCUT2D eigenvalue weighted by molar-refractivity contribution is 0.520. The van der Waals surface area contributed by atoms with Gasteiger partial charge < -0.3 is 0 Å². The fraction of sp³-hybridized carbons (Fsp3) is 0.429. The summed E-state index contributed by atoms with van der Waals surface area (Å²) in [6.45, 7) is 1.97. The molecule has 0 aliphatic heterocycles. The van der Waals surface area contributed by atoms with E-state index in [9.17, 15) is 8.42 Å². The Balaban J connectivity index is 2.10. The Morgan fingerprint density at radius 3 is 2.64 bits per heavy atom. The molecule has 0 fully saturated rings. The molecule has 2 rings (SSSR count). The number of sulfonamides is 1. The van der Waals surface area contributed by atoms with Crippen LogP contribution in [0.3, 0.4) is 0 Å². The Morgan fingerprint density at radius 1 is 1.32 bits per heavy atom. The van der Waals surface area contributed by atoms with E-state index in [1.165, 1.54) is 18.4 Å². The van der Waals surface area contributed by atoms with E-state index in [0.29, 0.717) is 17.1 Å². The predicted molar refractivity (Wildman–Crippen MR) is 86.5 cm³/mol. The van der Waals surface area contributed by atoms with Crippen LogP contribution in [-0.4, -0.2) is 47.6 Å². The van der Waals surface area contributed by atoms with E-state index in [1.54, 1.807) is 10.9 Å². The number of nitrogens with zero attached hydrogens (tertiary/aromatic N) is 4. The van der Waals surface area contributed by atoms with Crippen LogP contribution in [0, 0.1) is 0 Å². The minimum absolute atomic E-state index is 0.0131. The fourth-order valence-electron chi connectivity index (χ4n) is 1.99. The first-order valence-electron chi connectivity index (χ1n) is 6.86. The lowest BCUT2D eigenvalue weighted by Gasteiger charge is -2.13. The van der Waals surface area contributed by atoms with Gasteiger partial charge in [0.05, 0.1) is 17.5 Å². The number of aromatic nitrogens is 3. The third-order valence-electron chi connectivity index (χ3n) is 3.48. The molecule has 1 aromatic carbocycles. The van der Waals surface area contributed by atoms with Crippen molar-refractivity contribution in [2.24, 2.45) is 0 Å². The van der Waals surface area contributed by atoms with Crippen LogP contribution < -0.4 is 0 Å². The first-order valence-corrected chi connectivity index (χ1v) is 8.85. The van der Waals surface area contributed by atoms with E-state index in [4.69, 9.17) is 11.6 Å². The van der Waals surface area contributed by atoms with Crippen LogP contribution >= 0.6 is 11.6 Å². The molecule has 0 aliphatic rings. The molecule has 8 heteroatoms. The van der Waals surface area contributed by atoms with Gasteiger partial charge in [-0.05, 0) is 18.6 Å². The first kappa shape index (κ1) is 16.9. The highest BCUT2D eigenvalue weighted by molar-refractivity contribution is 7.89. The SMILES string of the molecule is C[C@H](c1ccccc1Cl)n1cc(CCS(=O)(=O)N(C)C)nn1. The molecule has 0 saturated heterocycles. The average Bonchev–Trinajstić information content (AvgIpc) is 2.94. The predicted octanol–water partition coefficient (Wildman–Crippen LogP) is 1.97. The van der Waals surface area contributed by atoms with Crippen LogP contribution in [0.25, 0.3) is 0 Å². The second-order valence-corrected chi connectivity index (χ2v) is 7.95. The highest BCUT2D eigenvalue weighted by Gasteiger charge is 2.17. The van der Waals surface area contributed by atoms with Gasteiger partial charge in [-0.2, -0.15) is 0 Å². The molecule has 0 saturated carbocycles. The van der Waals surface area contributed by atoms with Crippen molar-refractivity contribution in [1.29, 1.82) is 0 Å². The van der Waals surface area contributed by atoms with Crippen molar-refractivity contribution in [1.82, 2.24) is 19.3 Å². The number of aryl methyl sites for hydroxylation is 1. The molecule has 0 amide bonds. The summed E-state index contributed by atoms with van der Waals surface area (Å²) in [5.41, 5.74) is 1.59. The average molecular weight is 343 g/mol. The Kier molecular flexibility index (Phi) is 5.20. The first-order chi connectivity index (χ1) is 10.3. The van der Waals surface area contributed by atoms with E-state index in [1.807, 2.05) is 31.2 Å². The van der Waals surface area contributed by atoms with Gasteiger partial charge in [0.25, 0.3) is 0 Å². The van der Waals surface area contributed by atoms with Gasteiger partial charge in [-0.25, -0.2) is 17.4 Å². The van der Waals surface area contributed by atoms with E-state index < -0.39 is 10.0 Å². The molecule has 6 nitrogen and oxygen atoms in total. The summed E-state index contributed by atoms with van der Waals surface area (Å²) in [5, 5.41) is 8.79. The van der Waals surface area contributed by atoms with E-state index in [0.717, 1.165) is 5.56 Å². The molecule has 1 heterocycles. The van der Waals surface area contributed by atoms with Gasteiger partial charge >= 0.3 is 0 Å². The monoisotopic (exact) mass is 342 g/mol. The second kappa shape index (κ2) is 6.76. The topological polar surface area (TPSA) is 68.1 Å². The maximum Gasteiger partial charge on any atom is 0.213 e. The summed E-state index contributed by atoms with van der Waals surface area (Å²) in [5.74, 6) is 0.0131. The van der Waals surface area contributed by atoms with Gasteiger partial charge in [0.1, 0.15) is 0 Å². The number of rotatable bonds is 6. The Hall–Kier alpha value is -1.44. The van der Waals surface area contributed by atoms with Crippen LogP contribution in [-0.2, 0) is 16.4 Å². The molecule has 120 valence electrons. The molecule has 0 N–H and O–H groups in total. The Labute approximate surface area is 135 Å². The molecule has 1 aromatic heterocycles. The maximum atomic E-state index is 11.8. The van der Waals surface area contributed by atoms with Crippen LogP contribution in [0.4, 0.5) is 0 Å². The summed E-state index contributed by atoms with van der Waals surface area (Å²) in [6.07, 6.45) is 2.09. The van der Waals surface area contributed by atoms with E-state index >= 15 is 0 Å². The molecule has 0 unspecified atom stereocenters. The third kappa shape index (κ3) is 3.85. The van der Waals surface area contributed by atoms with Crippen molar-refractivity contribution in [2.75, 3.05) is 19.8 Å². The highest BCUT2D eigenvalue weighted by Crippen LogP contribution is 2.24. The van der Waals surface area contributed by atoms with E-state index in [-0.39, 0.29) is 11.8 Å². The van der Waals surface area contributed by atoms with Crippen molar-refractivity contribution in [3.63, 3.8) is 0 Å². The van der Waals surface area contributed by atoms with Gasteiger partial charge in [0, 0.05) is 31.7 Å². The molecular weight excluding hydrogens is 324 g/mol. The minimum Gasteiger partial charge on any atom is -0.245 e. The molecule has 22 heavy (non-hydrogen) atoms. The normalized spacial score (nSPS) is 13.5. The lowest BCUT2D eigenvalue weighted by atomic mass is 10.1. The molecule has 0 bridgehead atoms. The largest absolute Gasteiger partial charge is 0.245 e. The quantitative estimate of drug-likeness (QED) is 0.805. The van der Waals surface area contributed by atoms with Crippen LogP contribution in [0.2, 0.25) is 5.02 Å². The maximum absolute atomic E-state index is 11.8. The number of hydrogen-bond donors (Lipinski definition) is 0. The molecule has 2 aromatic rings. The summed E-state index contributed by atoms with van der Waals surface area (Å²) in [4.78, 5) is 0. The zero-order chi connectivity index (χ0) is 16.3. The van der Waals surface area contributed by atoms with Crippen molar-refractivity contribution in [2.45, 2.75) is 19.4 Å². The molecular formula is C14H19ClN4O2S. The zero-order valence-corrected chi connectivity index (χ0v) is 14.3. The Bertz CT molecular complexity index is 743. The number of halogens is 1. The van der Waals surface area contributed by atoms with Gasteiger partial charge in [-0.15, -0.1) is 5.10 Å². The van der Waals surface area contributed by atoms with Gasteiger partial charge in [0.15, 0.2) is 0 Å². The van der Waals surface area contributed by atoms with Gasteiger partial charge in [-0.1, -0.05) is 35.0 Å².